The number of aliphatic hydroxyl groups excluding tert-OH is 1. The number of nitrogens with zero attached hydrogens (tertiary/aromatic N) is 1. The molecule has 3 aromatic rings. The van der Waals surface area contributed by atoms with E-state index in [0.29, 0.717) is 24.9 Å². The van der Waals surface area contributed by atoms with E-state index in [9.17, 15) is 18.7 Å². The molecule has 0 spiro atoms. The molecule has 3 aliphatic rings. The number of hydrogen-bond acceptors (Lipinski definition) is 5. The number of ketones is 1. The largest absolute Gasteiger partial charge is 0.586 e. The SMILES string of the molecule is CC1OC(CO)Cn2c(cc3cc(CC(=O)C4(c5ccc6c(c5)OC(F)(F)O6)CC4)ccc32)C1(C)C. The highest BCUT2D eigenvalue weighted by Gasteiger charge is 2.52. The minimum atomic E-state index is -3.68. The number of benzene rings is 2. The molecule has 1 N–H and O–H groups in total. The first-order chi connectivity index (χ1) is 17.0. The van der Waals surface area contributed by atoms with Gasteiger partial charge in [-0.05, 0) is 61.2 Å². The number of carbonyl (C=O) groups excluding carboxylic acids is 1. The van der Waals surface area contributed by atoms with Crippen LogP contribution in [0, 0.1) is 0 Å². The van der Waals surface area contributed by atoms with Crippen molar-refractivity contribution in [3.05, 3.63) is 59.3 Å². The number of aliphatic hydroxyl groups is 1. The minimum Gasteiger partial charge on any atom is -0.395 e. The summed E-state index contributed by atoms with van der Waals surface area (Å²) in [6, 6.07) is 12.9. The summed E-state index contributed by atoms with van der Waals surface area (Å²) >= 11 is 0. The molecule has 1 fully saturated rings. The van der Waals surface area contributed by atoms with E-state index < -0.39 is 11.7 Å². The van der Waals surface area contributed by atoms with Crippen LogP contribution < -0.4 is 9.47 Å². The number of fused-ring (bicyclic) bond motifs is 4. The maximum Gasteiger partial charge on any atom is 0.586 e. The molecule has 1 aliphatic carbocycles. The number of halogens is 2. The quantitative estimate of drug-likeness (QED) is 0.545. The van der Waals surface area contributed by atoms with E-state index in [1.54, 1.807) is 6.07 Å². The monoisotopic (exact) mass is 497 g/mol. The van der Waals surface area contributed by atoms with Crippen molar-refractivity contribution in [2.45, 2.75) is 75.9 Å². The Kier molecular flexibility index (Phi) is 5.05. The molecule has 6 nitrogen and oxygen atoms in total. The fourth-order valence-corrected chi connectivity index (χ4v) is 5.63. The van der Waals surface area contributed by atoms with E-state index in [1.807, 2.05) is 19.1 Å². The standard InChI is InChI=1S/C28H29F2NO5/c1-16-26(2,3)24-12-18-10-17(4-6-21(18)31(24)14-20(15-32)34-16)11-25(33)27(8-9-27)19-5-7-22-23(13-19)36-28(29,30)35-22/h4-7,10,12-13,16,20,32H,8-9,11,14-15H2,1-3H3. The fourth-order valence-electron chi connectivity index (χ4n) is 5.63. The number of alkyl halides is 2. The van der Waals surface area contributed by atoms with Crippen LogP contribution in [0.5, 0.6) is 11.5 Å². The number of carbonyl (C=O) groups is 1. The summed E-state index contributed by atoms with van der Waals surface area (Å²) in [7, 11) is 0. The lowest BCUT2D eigenvalue weighted by atomic mass is 9.83. The first-order valence-corrected chi connectivity index (χ1v) is 12.3. The summed E-state index contributed by atoms with van der Waals surface area (Å²) in [6.45, 7) is 6.83. The van der Waals surface area contributed by atoms with E-state index >= 15 is 0 Å². The summed E-state index contributed by atoms with van der Waals surface area (Å²) in [4.78, 5) is 13.5. The molecule has 8 heteroatoms. The summed E-state index contributed by atoms with van der Waals surface area (Å²) in [5.74, 6) is 0.0169. The van der Waals surface area contributed by atoms with Gasteiger partial charge in [-0.15, -0.1) is 8.78 Å². The summed E-state index contributed by atoms with van der Waals surface area (Å²) < 4.78 is 44.3. The molecular formula is C28H29F2NO5. The third-order valence-electron chi connectivity index (χ3n) is 8.23. The number of hydrogen-bond donors (Lipinski definition) is 1. The topological polar surface area (TPSA) is 69.9 Å². The summed E-state index contributed by atoms with van der Waals surface area (Å²) in [6.07, 6.45) is -2.42. The van der Waals surface area contributed by atoms with Gasteiger partial charge in [0.05, 0.1) is 30.8 Å². The van der Waals surface area contributed by atoms with Gasteiger partial charge in [0.25, 0.3) is 0 Å². The van der Waals surface area contributed by atoms with Gasteiger partial charge in [-0.2, -0.15) is 0 Å². The molecule has 2 aromatic carbocycles. The average molecular weight is 498 g/mol. The van der Waals surface area contributed by atoms with Crippen molar-refractivity contribution in [1.82, 2.24) is 4.57 Å². The molecule has 2 unspecified atom stereocenters. The van der Waals surface area contributed by atoms with E-state index in [4.69, 9.17) is 4.74 Å². The summed E-state index contributed by atoms with van der Waals surface area (Å²) in [5.41, 5.74) is 2.85. The third-order valence-corrected chi connectivity index (χ3v) is 8.23. The van der Waals surface area contributed by atoms with Gasteiger partial charge in [0, 0.05) is 28.4 Å². The van der Waals surface area contributed by atoms with Crippen molar-refractivity contribution in [1.29, 1.82) is 0 Å². The Labute approximate surface area is 207 Å². The van der Waals surface area contributed by atoms with Gasteiger partial charge in [-0.3, -0.25) is 4.79 Å². The Morgan fingerprint density at radius 1 is 1.08 bits per heavy atom. The summed E-state index contributed by atoms with van der Waals surface area (Å²) in [5, 5.41) is 10.9. The van der Waals surface area contributed by atoms with Crippen molar-refractivity contribution in [2.24, 2.45) is 0 Å². The van der Waals surface area contributed by atoms with Crippen LogP contribution in [0.4, 0.5) is 8.78 Å². The first-order valence-electron chi connectivity index (χ1n) is 12.3. The highest BCUT2D eigenvalue weighted by molar-refractivity contribution is 5.95. The predicted molar refractivity (Wildman–Crippen MR) is 129 cm³/mol. The predicted octanol–water partition coefficient (Wildman–Crippen LogP) is 4.86. The Hall–Kier alpha value is -2.97. The zero-order valence-corrected chi connectivity index (χ0v) is 20.5. The number of Topliss-reactive ketones (excluding diaryl/α,β-unsaturated/α-hetero) is 1. The molecular weight excluding hydrogens is 468 g/mol. The Morgan fingerprint density at radius 2 is 1.83 bits per heavy atom. The van der Waals surface area contributed by atoms with E-state index in [-0.39, 0.29) is 47.9 Å². The number of ether oxygens (including phenoxy) is 3. The maximum atomic E-state index is 13.5. The molecule has 6 rings (SSSR count). The molecule has 190 valence electrons. The molecule has 0 saturated heterocycles. The zero-order chi connectivity index (χ0) is 25.5. The second kappa shape index (κ2) is 7.76. The van der Waals surface area contributed by atoms with Gasteiger partial charge in [0.15, 0.2) is 11.5 Å². The van der Waals surface area contributed by atoms with Crippen LogP contribution in [0.2, 0.25) is 0 Å². The number of aromatic nitrogens is 1. The normalized spacial score (nSPS) is 24.8. The highest BCUT2D eigenvalue weighted by Crippen LogP contribution is 2.52. The fraction of sp³-hybridized carbons (Fsp3) is 0.464. The highest BCUT2D eigenvalue weighted by atomic mass is 19.3. The van der Waals surface area contributed by atoms with Crippen molar-refractivity contribution >= 4 is 16.7 Å². The molecule has 36 heavy (non-hydrogen) atoms. The van der Waals surface area contributed by atoms with Crippen LogP contribution >= 0.6 is 0 Å². The van der Waals surface area contributed by atoms with Gasteiger partial charge < -0.3 is 23.9 Å². The van der Waals surface area contributed by atoms with Crippen LogP contribution in [-0.2, 0) is 33.3 Å². The van der Waals surface area contributed by atoms with Crippen molar-refractivity contribution in [3.8, 4) is 11.5 Å². The van der Waals surface area contributed by atoms with Gasteiger partial charge >= 0.3 is 6.29 Å². The lowest BCUT2D eigenvalue weighted by Gasteiger charge is -2.30. The lowest BCUT2D eigenvalue weighted by molar-refractivity contribution is -0.286. The van der Waals surface area contributed by atoms with E-state index in [2.05, 4.69) is 40.0 Å². The van der Waals surface area contributed by atoms with Gasteiger partial charge in [0.2, 0.25) is 0 Å². The Morgan fingerprint density at radius 3 is 2.56 bits per heavy atom. The number of rotatable bonds is 5. The molecule has 1 saturated carbocycles. The maximum absolute atomic E-state index is 13.5. The zero-order valence-electron chi connectivity index (χ0n) is 20.5. The second-order valence-corrected chi connectivity index (χ2v) is 10.8. The molecule has 2 aliphatic heterocycles. The van der Waals surface area contributed by atoms with Gasteiger partial charge in [-0.1, -0.05) is 26.0 Å². The van der Waals surface area contributed by atoms with E-state index in [1.165, 1.54) is 12.1 Å². The Bertz CT molecular complexity index is 1370. The van der Waals surface area contributed by atoms with Gasteiger partial charge in [-0.25, -0.2) is 0 Å². The van der Waals surface area contributed by atoms with Crippen LogP contribution in [-0.4, -0.2) is 40.6 Å². The smallest absolute Gasteiger partial charge is 0.395 e. The van der Waals surface area contributed by atoms with Crippen LogP contribution in [0.15, 0.2) is 42.5 Å². The molecule has 1 aromatic heterocycles. The average Bonchev–Trinajstić information content (AvgIpc) is 3.48. The molecule has 2 atom stereocenters. The van der Waals surface area contributed by atoms with Crippen molar-refractivity contribution in [2.75, 3.05) is 6.61 Å². The lowest BCUT2D eigenvalue weighted by Crippen LogP contribution is -2.35. The van der Waals surface area contributed by atoms with Crippen LogP contribution in [0.1, 0.15) is 50.4 Å². The Balaban J connectivity index is 1.28. The first kappa shape index (κ1) is 23.4. The van der Waals surface area contributed by atoms with Crippen molar-refractivity contribution in [3.63, 3.8) is 0 Å². The molecule has 3 heterocycles. The third kappa shape index (κ3) is 3.61. The minimum absolute atomic E-state index is 0.0167. The molecule has 0 radical (unpaired) electrons. The molecule has 0 bridgehead atoms. The van der Waals surface area contributed by atoms with Crippen LogP contribution in [0.25, 0.3) is 10.9 Å². The molecule has 0 amide bonds. The van der Waals surface area contributed by atoms with Crippen LogP contribution in [0.3, 0.4) is 0 Å². The van der Waals surface area contributed by atoms with Gasteiger partial charge in [0.1, 0.15) is 5.78 Å². The second-order valence-electron chi connectivity index (χ2n) is 10.8. The van der Waals surface area contributed by atoms with Crippen molar-refractivity contribution < 1.29 is 32.9 Å². The van der Waals surface area contributed by atoms with E-state index in [0.717, 1.165) is 22.2 Å².